The molecule has 1 aliphatic carbocycles. The largest absolute Gasteiger partial charge is 0.320 e. The van der Waals surface area contributed by atoms with Gasteiger partial charge in [0.25, 0.3) is 5.91 Å². The average Bonchev–Trinajstić information content (AvgIpc) is 3.00. The Labute approximate surface area is 125 Å². The van der Waals surface area contributed by atoms with Gasteiger partial charge in [0.1, 0.15) is 0 Å². The molecule has 0 radical (unpaired) electrons. The van der Waals surface area contributed by atoms with Gasteiger partial charge in [-0.05, 0) is 44.5 Å². The maximum atomic E-state index is 13.0. The van der Waals surface area contributed by atoms with Crippen LogP contribution in [0.15, 0.2) is 24.3 Å². The third kappa shape index (κ3) is 2.18. The monoisotopic (exact) mass is 286 g/mol. The Hall–Kier alpha value is -1.68. The van der Waals surface area contributed by atoms with E-state index in [0.29, 0.717) is 6.54 Å². The summed E-state index contributed by atoms with van der Waals surface area (Å²) in [5, 5.41) is 3.07. The quantitative estimate of drug-likeness (QED) is 0.681. The number of rotatable bonds is 4. The minimum atomic E-state index is -0.440. The molecule has 0 saturated heterocycles. The summed E-state index contributed by atoms with van der Waals surface area (Å²) in [7, 11) is 1.88. The molecule has 1 aromatic carbocycles. The molecule has 1 aromatic rings. The molecule has 1 heterocycles. The topological polar surface area (TPSA) is 49.4 Å². The Morgan fingerprint density at radius 2 is 1.90 bits per heavy atom. The highest BCUT2D eigenvalue weighted by Gasteiger charge is 2.51. The van der Waals surface area contributed by atoms with Gasteiger partial charge in [0.15, 0.2) is 0 Å². The van der Waals surface area contributed by atoms with Crippen LogP contribution in [0.1, 0.15) is 48.0 Å². The Morgan fingerprint density at radius 3 is 2.62 bits per heavy atom. The predicted octanol–water partition coefficient (Wildman–Crippen LogP) is 2.09. The number of nitrogens with zero attached hydrogens (tertiary/aromatic N) is 1. The Morgan fingerprint density at radius 1 is 1.19 bits per heavy atom. The van der Waals surface area contributed by atoms with Gasteiger partial charge >= 0.3 is 0 Å². The Kier molecular flexibility index (Phi) is 3.81. The lowest BCUT2D eigenvalue weighted by Crippen LogP contribution is -2.53. The molecule has 2 aliphatic rings. The summed E-state index contributed by atoms with van der Waals surface area (Å²) in [5.41, 5.74) is 1.25. The second kappa shape index (κ2) is 5.60. The van der Waals surface area contributed by atoms with Crippen molar-refractivity contribution in [2.24, 2.45) is 0 Å². The summed E-state index contributed by atoms with van der Waals surface area (Å²) in [6, 6.07) is 7.67. The van der Waals surface area contributed by atoms with Crippen molar-refractivity contribution in [3.05, 3.63) is 35.4 Å². The van der Waals surface area contributed by atoms with Crippen LogP contribution in [-0.2, 0) is 10.2 Å². The molecule has 0 unspecified atom stereocenters. The highest BCUT2D eigenvalue weighted by molar-refractivity contribution is 6.13. The predicted molar refractivity (Wildman–Crippen MR) is 81.2 cm³/mol. The summed E-state index contributed by atoms with van der Waals surface area (Å²) in [5.74, 6) is -0.0935. The first kappa shape index (κ1) is 14.3. The summed E-state index contributed by atoms with van der Waals surface area (Å²) < 4.78 is 0. The molecule has 0 aromatic heterocycles. The van der Waals surface area contributed by atoms with E-state index in [9.17, 15) is 9.59 Å². The molecule has 4 heteroatoms. The lowest BCUT2D eigenvalue weighted by Gasteiger charge is -2.39. The van der Waals surface area contributed by atoms with Crippen LogP contribution < -0.4 is 5.32 Å². The van der Waals surface area contributed by atoms with Crippen LogP contribution >= 0.6 is 0 Å². The number of hydrogen-bond acceptors (Lipinski definition) is 3. The van der Waals surface area contributed by atoms with Gasteiger partial charge in [-0.2, -0.15) is 0 Å². The van der Waals surface area contributed by atoms with Gasteiger partial charge in [-0.15, -0.1) is 0 Å². The minimum absolute atomic E-state index is 0.0276. The molecule has 0 bridgehead atoms. The minimum Gasteiger partial charge on any atom is -0.320 e. The zero-order valence-corrected chi connectivity index (χ0v) is 12.5. The van der Waals surface area contributed by atoms with Crippen molar-refractivity contribution < 1.29 is 9.59 Å². The molecule has 1 saturated carbocycles. The van der Waals surface area contributed by atoms with E-state index in [2.05, 4.69) is 5.32 Å². The molecule has 0 atom stereocenters. The molecule has 2 amide bonds. The number of nitrogens with one attached hydrogen (secondary N) is 1. The lowest BCUT2D eigenvalue weighted by atomic mass is 9.72. The summed E-state index contributed by atoms with van der Waals surface area (Å²) in [6.45, 7) is 1.32. The molecule has 1 aliphatic heterocycles. The first-order valence-electron chi connectivity index (χ1n) is 7.81. The van der Waals surface area contributed by atoms with Crippen LogP contribution in [0.3, 0.4) is 0 Å². The van der Waals surface area contributed by atoms with Crippen LogP contribution in [0.2, 0.25) is 0 Å². The zero-order chi connectivity index (χ0) is 14.9. The number of imide groups is 1. The first-order valence-corrected chi connectivity index (χ1v) is 7.81. The van der Waals surface area contributed by atoms with Crippen molar-refractivity contribution in [3.8, 4) is 0 Å². The van der Waals surface area contributed by atoms with Crippen LogP contribution in [0, 0.1) is 0 Å². The summed E-state index contributed by atoms with van der Waals surface area (Å²) in [6.07, 6.45) is 4.68. The van der Waals surface area contributed by atoms with Crippen LogP contribution in [0.5, 0.6) is 0 Å². The maximum absolute atomic E-state index is 13.0. The van der Waals surface area contributed by atoms with Gasteiger partial charge in [0, 0.05) is 12.1 Å². The van der Waals surface area contributed by atoms with E-state index in [1.165, 1.54) is 4.90 Å². The summed E-state index contributed by atoms with van der Waals surface area (Å²) in [4.78, 5) is 27.1. The third-order valence-corrected chi connectivity index (χ3v) is 4.84. The molecule has 4 nitrogen and oxygen atoms in total. The standard InChI is InChI=1S/C17H22N2O2/c1-18-11-6-12-19-15(20)13-7-2-3-8-14(13)17(16(19)21)9-4-5-10-17/h2-3,7-8,18H,4-6,9-12H2,1H3. The molecule has 1 spiro atoms. The van der Waals surface area contributed by atoms with E-state index in [-0.39, 0.29) is 11.8 Å². The van der Waals surface area contributed by atoms with Crippen LogP contribution in [0.4, 0.5) is 0 Å². The number of carbonyl (C=O) groups is 2. The SMILES string of the molecule is CNCCCN1C(=O)c2ccccc2C2(CCCC2)C1=O. The molecule has 1 N–H and O–H groups in total. The molecular formula is C17H22N2O2. The first-order chi connectivity index (χ1) is 10.2. The van der Waals surface area contributed by atoms with E-state index in [0.717, 1.165) is 49.8 Å². The lowest BCUT2D eigenvalue weighted by molar-refractivity contribution is -0.135. The van der Waals surface area contributed by atoms with E-state index in [1.54, 1.807) is 0 Å². The van der Waals surface area contributed by atoms with Crippen molar-refractivity contribution in [2.75, 3.05) is 20.1 Å². The van der Waals surface area contributed by atoms with Crippen LogP contribution in [-0.4, -0.2) is 36.9 Å². The van der Waals surface area contributed by atoms with Gasteiger partial charge in [0.2, 0.25) is 5.91 Å². The van der Waals surface area contributed by atoms with Crippen molar-refractivity contribution in [2.45, 2.75) is 37.5 Å². The van der Waals surface area contributed by atoms with Gasteiger partial charge in [0.05, 0.1) is 5.41 Å². The zero-order valence-electron chi connectivity index (χ0n) is 12.5. The van der Waals surface area contributed by atoms with E-state index in [1.807, 2.05) is 31.3 Å². The fraction of sp³-hybridized carbons (Fsp3) is 0.529. The number of carbonyl (C=O) groups excluding carboxylic acids is 2. The highest BCUT2D eigenvalue weighted by Crippen LogP contribution is 2.46. The molecule has 1 fully saturated rings. The van der Waals surface area contributed by atoms with Crippen molar-refractivity contribution in [1.82, 2.24) is 10.2 Å². The van der Waals surface area contributed by atoms with Gasteiger partial charge in [-0.1, -0.05) is 31.0 Å². The van der Waals surface area contributed by atoms with Crippen molar-refractivity contribution in [1.29, 1.82) is 0 Å². The van der Waals surface area contributed by atoms with Gasteiger partial charge < -0.3 is 5.32 Å². The summed E-state index contributed by atoms with van der Waals surface area (Å²) >= 11 is 0. The second-order valence-corrected chi connectivity index (χ2v) is 6.05. The Bertz CT molecular complexity index is 562. The molecule has 3 rings (SSSR count). The fourth-order valence-electron chi connectivity index (χ4n) is 3.78. The number of amides is 2. The van der Waals surface area contributed by atoms with Crippen LogP contribution in [0.25, 0.3) is 0 Å². The molecule has 21 heavy (non-hydrogen) atoms. The number of hydrogen-bond donors (Lipinski definition) is 1. The third-order valence-electron chi connectivity index (χ3n) is 4.84. The second-order valence-electron chi connectivity index (χ2n) is 6.05. The van der Waals surface area contributed by atoms with E-state index < -0.39 is 5.41 Å². The normalized spacial score (nSPS) is 20.1. The molecular weight excluding hydrogens is 264 g/mol. The number of fused-ring (bicyclic) bond motifs is 2. The maximum Gasteiger partial charge on any atom is 0.260 e. The average molecular weight is 286 g/mol. The fourth-order valence-corrected chi connectivity index (χ4v) is 3.78. The number of benzene rings is 1. The van der Waals surface area contributed by atoms with E-state index >= 15 is 0 Å². The van der Waals surface area contributed by atoms with Gasteiger partial charge in [-0.3, -0.25) is 14.5 Å². The Balaban J connectivity index is 2.00. The van der Waals surface area contributed by atoms with Gasteiger partial charge in [-0.25, -0.2) is 0 Å². The van der Waals surface area contributed by atoms with Crippen molar-refractivity contribution >= 4 is 11.8 Å². The van der Waals surface area contributed by atoms with Crippen molar-refractivity contribution in [3.63, 3.8) is 0 Å². The molecule has 112 valence electrons. The highest BCUT2D eigenvalue weighted by atomic mass is 16.2. The van der Waals surface area contributed by atoms with E-state index in [4.69, 9.17) is 0 Å². The smallest absolute Gasteiger partial charge is 0.260 e.